The predicted octanol–water partition coefficient (Wildman–Crippen LogP) is 2.58. The molecular formula is C12H19BrO4. The number of hydrogen-bond donors (Lipinski definition) is 0. The molecule has 0 aromatic heterocycles. The number of halogens is 1. The molecule has 0 aliphatic heterocycles. The summed E-state index contributed by atoms with van der Waals surface area (Å²) in [5.41, 5.74) is 0. The van der Waals surface area contributed by atoms with Crippen molar-refractivity contribution >= 4 is 27.9 Å². The van der Waals surface area contributed by atoms with E-state index in [0.29, 0.717) is 5.33 Å². The fourth-order valence-corrected chi connectivity index (χ4v) is 2.33. The molecule has 1 rings (SSSR count). The van der Waals surface area contributed by atoms with Crippen molar-refractivity contribution in [3.8, 4) is 0 Å². The molecule has 0 aromatic carbocycles. The molecule has 0 amide bonds. The number of alkyl halides is 1. The maximum Gasteiger partial charge on any atom is 0.309 e. The van der Waals surface area contributed by atoms with E-state index in [0.717, 1.165) is 25.7 Å². The summed E-state index contributed by atoms with van der Waals surface area (Å²) < 4.78 is 10.3. The van der Waals surface area contributed by atoms with E-state index in [-0.39, 0.29) is 24.5 Å². The number of esters is 2. The lowest BCUT2D eigenvalue weighted by Crippen LogP contribution is -2.26. The summed E-state index contributed by atoms with van der Waals surface area (Å²) in [6, 6.07) is 0. The Hall–Kier alpha value is -0.580. The molecule has 0 aromatic rings. The average Bonchev–Trinajstić information content (AvgIpc) is 2.28. The Morgan fingerprint density at radius 2 is 1.94 bits per heavy atom. The van der Waals surface area contributed by atoms with Crippen molar-refractivity contribution < 1.29 is 19.1 Å². The van der Waals surface area contributed by atoms with Crippen LogP contribution in [0.3, 0.4) is 0 Å². The van der Waals surface area contributed by atoms with Gasteiger partial charge in [-0.3, -0.25) is 9.59 Å². The molecule has 1 aliphatic rings. The maximum atomic E-state index is 11.6. The second-order valence-corrected chi connectivity index (χ2v) is 4.99. The van der Waals surface area contributed by atoms with Gasteiger partial charge in [-0.25, -0.2) is 0 Å². The first-order chi connectivity index (χ1) is 8.11. The molecule has 0 bridgehead atoms. The molecule has 0 N–H and O–H groups in total. The van der Waals surface area contributed by atoms with Gasteiger partial charge in [0, 0.05) is 12.3 Å². The van der Waals surface area contributed by atoms with Crippen LogP contribution in [0.4, 0.5) is 0 Å². The number of ether oxygens (including phenoxy) is 2. The minimum atomic E-state index is -0.427. The van der Waals surface area contributed by atoms with Crippen LogP contribution in [0.25, 0.3) is 0 Å². The highest BCUT2D eigenvalue weighted by Crippen LogP contribution is 2.21. The summed E-state index contributed by atoms with van der Waals surface area (Å²) in [6.07, 6.45) is 5.16. The third kappa shape index (κ3) is 6.05. The van der Waals surface area contributed by atoms with E-state index in [4.69, 9.17) is 9.47 Å². The zero-order chi connectivity index (χ0) is 12.7. The van der Waals surface area contributed by atoms with Crippen LogP contribution in [0.15, 0.2) is 0 Å². The molecule has 1 unspecified atom stereocenters. The molecule has 0 saturated heterocycles. The Labute approximate surface area is 110 Å². The first kappa shape index (κ1) is 14.5. The summed E-state index contributed by atoms with van der Waals surface area (Å²) in [5.74, 6) is -0.650. The molecule has 17 heavy (non-hydrogen) atoms. The van der Waals surface area contributed by atoms with Crippen LogP contribution in [0.2, 0.25) is 0 Å². The zero-order valence-electron chi connectivity index (χ0n) is 10.1. The van der Waals surface area contributed by atoms with E-state index in [1.807, 2.05) is 0 Å². The molecule has 0 heterocycles. The first-order valence-electron chi connectivity index (χ1n) is 6.04. The van der Waals surface area contributed by atoms with Crippen molar-refractivity contribution in [3.63, 3.8) is 0 Å². The van der Waals surface area contributed by atoms with Gasteiger partial charge in [-0.2, -0.15) is 0 Å². The number of rotatable bonds is 5. The molecule has 4 nitrogen and oxygen atoms in total. The van der Waals surface area contributed by atoms with Crippen molar-refractivity contribution in [1.29, 1.82) is 0 Å². The fraction of sp³-hybridized carbons (Fsp3) is 0.833. The quantitative estimate of drug-likeness (QED) is 0.578. The highest BCUT2D eigenvalue weighted by molar-refractivity contribution is 9.09. The Morgan fingerprint density at radius 1 is 1.29 bits per heavy atom. The standard InChI is InChI=1S/C12H19BrO4/c1-9(14)16-11(8-13)7-12(15)17-10-5-3-2-4-6-10/h10-11H,2-8H2,1H3. The lowest BCUT2D eigenvalue weighted by Gasteiger charge is -2.22. The van der Waals surface area contributed by atoms with Gasteiger partial charge in [0.15, 0.2) is 0 Å². The van der Waals surface area contributed by atoms with Crippen LogP contribution >= 0.6 is 15.9 Å². The second-order valence-electron chi connectivity index (χ2n) is 4.34. The molecule has 1 aliphatic carbocycles. The van der Waals surface area contributed by atoms with Gasteiger partial charge >= 0.3 is 11.9 Å². The summed E-state index contributed by atoms with van der Waals surface area (Å²) in [5, 5.41) is 0.451. The van der Waals surface area contributed by atoms with E-state index < -0.39 is 6.10 Å². The van der Waals surface area contributed by atoms with Gasteiger partial charge < -0.3 is 9.47 Å². The van der Waals surface area contributed by atoms with Gasteiger partial charge in [0.2, 0.25) is 0 Å². The minimum absolute atomic E-state index is 0.0598. The lowest BCUT2D eigenvalue weighted by atomic mass is 9.98. The second kappa shape index (κ2) is 7.69. The van der Waals surface area contributed by atoms with Crippen LogP contribution in [0.5, 0.6) is 0 Å². The molecular weight excluding hydrogens is 288 g/mol. The minimum Gasteiger partial charge on any atom is -0.462 e. The fourth-order valence-electron chi connectivity index (χ4n) is 1.97. The SMILES string of the molecule is CC(=O)OC(CBr)CC(=O)OC1CCCCC1. The molecule has 0 spiro atoms. The third-order valence-corrected chi connectivity index (χ3v) is 3.47. The normalized spacial score (nSPS) is 18.5. The molecule has 5 heteroatoms. The smallest absolute Gasteiger partial charge is 0.309 e. The van der Waals surface area contributed by atoms with Gasteiger partial charge in [0.25, 0.3) is 0 Å². The summed E-state index contributed by atoms with van der Waals surface area (Å²) in [4.78, 5) is 22.4. The number of carbonyl (C=O) groups is 2. The molecule has 98 valence electrons. The van der Waals surface area contributed by atoms with E-state index in [9.17, 15) is 9.59 Å². The Bertz CT molecular complexity index is 261. The van der Waals surface area contributed by atoms with Crippen molar-refractivity contribution in [2.24, 2.45) is 0 Å². The van der Waals surface area contributed by atoms with Gasteiger partial charge in [0.1, 0.15) is 12.2 Å². The first-order valence-corrected chi connectivity index (χ1v) is 7.16. The highest BCUT2D eigenvalue weighted by Gasteiger charge is 2.21. The van der Waals surface area contributed by atoms with Gasteiger partial charge in [0.05, 0.1) is 6.42 Å². The van der Waals surface area contributed by atoms with E-state index in [2.05, 4.69) is 15.9 Å². The summed E-state index contributed by atoms with van der Waals surface area (Å²) in [7, 11) is 0. The van der Waals surface area contributed by atoms with E-state index >= 15 is 0 Å². The van der Waals surface area contributed by atoms with Crippen LogP contribution in [-0.4, -0.2) is 29.5 Å². The monoisotopic (exact) mass is 306 g/mol. The third-order valence-electron chi connectivity index (χ3n) is 2.75. The van der Waals surface area contributed by atoms with Crippen molar-refractivity contribution in [2.75, 3.05) is 5.33 Å². The van der Waals surface area contributed by atoms with E-state index in [1.165, 1.54) is 13.3 Å². The van der Waals surface area contributed by atoms with Crippen LogP contribution in [-0.2, 0) is 19.1 Å². The van der Waals surface area contributed by atoms with Gasteiger partial charge in [-0.15, -0.1) is 0 Å². The Morgan fingerprint density at radius 3 is 2.47 bits per heavy atom. The van der Waals surface area contributed by atoms with Gasteiger partial charge in [-0.05, 0) is 25.7 Å². The van der Waals surface area contributed by atoms with Crippen LogP contribution < -0.4 is 0 Å². The molecule has 1 saturated carbocycles. The van der Waals surface area contributed by atoms with Crippen molar-refractivity contribution in [3.05, 3.63) is 0 Å². The maximum absolute atomic E-state index is 11.6. The molecule has 1 fully saturated rings. The zero-order valence-corrected chi connectivity index (χ0v) is 11.7. The Kier molecular flexibility index (Phi) is 6.55. The van der Waals surface area contributed by atoms with Crippen LogP contribution in [0, 0.1) is 0 Å². The summed E-state index contributed by atoms with van der Waals surface area (Å²) >= 11 is 3.21. The highest BCUT2D eigenvalue weighted by atomic mass is 79.9. The molecule has 0 radical (unpaired) electrons. The topological polar surface area (TPSA) is 52.6 Å². The summed E-state index contributed by atoms with van der Waals surface area (Å²) in [6.45, 7) is 1.34. The average molecular weight is 307 g/mol. The lowest BCUT2D eigenvalue weighted by molar-refractivity contribution is -0.156. The number of carbonyl (C=O) groups excluding carboxylic acids is 2. The Balaban J connectivity index is 2.28. The molecule has 1 atom stereocenters. The predicted molar refractivity (Wildman–Crippen MR) is 66.9 cm³/mol. The van der Waals surface area contributed by atoms with Crippen molar-refractivity contribution in [1.82, 2.24) is 0 Å². The van der Waals surface area contributed by atoms with Gasteiger partial charge in [-0.1, -0.05) is 22.4 Å². The largest absolute Gasteiger partial charge is 0.462 e. The van der Waals surface area contributed by atoms with Crippen LogP contribution in [0.1, 0.15) is 45.4 Å². The van der Waals surface area contributed by atoms with Crippen molar-refractivity contribution in [2.45, 2.75) is 57.7 Å². The number of hydrogen-bond acceptors (Lipinski definition) is 4. The van der Waals surface area contributed by atoms with E-state index in [1.54, 1.807) is 0 Å².